The third-order valence-corrected chi connectivity index (χ3v) is 2.51. The van der Waals surface area contributed by atoms with E-state index in [0.29, 0.717) is 37.9 Å². The van der Waals surface area contributed by atoms with Crippen LogP contribution >= 0.6 is 0 Å². The number of ether oxygens (including phenoxy) is 4. The Morgan fingerprint density at radius 1 is 0.611 bits per heavy atom. The predicted molar refractivity (Wildman–Crippen MR) is 69.8 cm³/mol. The van der Waals surface area contributed by atoms with Gasteiger partial charge in [-0.05, 0) is 27.7 Å². The van der Waals surface area contributed by atoms with E-state index in [2.05, 4.69) is 0 Å². The Morgan fingerprint density at radius 3 is 1.22 bits per heavy atom. The van der Waals surface area contributed by atoms with Crippen LogP contribution in [0, 0.1) is 0 Å². The predicted octanol–water partition coefficient (Wildman–Crippen LogP) is 3.35. The van der Waals surface area contributed by atoms with Crippen LogP contribution in [0.2, 0.25) is 0 Å². The summed E-state index contributed by atoms with van der Waals surface area (Å²) < 4.78 is 22.6. The minimum absolute atomic E-state index is 0.585. The fraction of sp³-hybridized carbons (Fsp3) is 0.714. The average molecular weight is 256 g/mol. The molecular weight excluding hydrogens is 232 g/mol. The lowest BCUT2D eigenvalue weighted by Gasteiger charge is -2.25. The summed E-state index contributed by atoms with van der Waals surface area (Å²) in [6, 6.07) is 0. The number of allylic oxidation sites excluding steroid dienone is 2. The van der Waals surface area contributed by atoms with E-state index in [1.54, 1.807) is 0 Å². The fourth-order valence-corrected chi connectivity index (χ4v) is 1.91. The smallest absolute Gasteiger partial charge is 0.202 e. The molecule has 0 saturated carbocycles. The van der Waals surface area contributed by atoms with E-state index in [9.17, 15) is 0 Å². The van der Waals surface area contributed by atoms with E-state index in [-0.39, 0.29) is 0 Å². The zero-order valence-corrected chi connectivity index (χ0v) is 11.9. The van der Waals surface area contributed by atoms with Gasteiger partial charge in [0.05, 0.1) is 26.4 Å². The number of hydrogen-bond donors (Lipinski definition) is 0. The van der Waals surface area contributed by atoms with Crippen molar-refractivity contribution < 1.29 is 18.9 Å². The molecule has 0 heterocycles. The summed E-state index contributed by atoms with van der Waals surface area (Å²) in [7, 11) is 0. The molecule has 0 saturated heterocycles. The van der Waals surface area contributed by atoms with Gasteiger partial charge in [-0.25, -0.2) is 0 Å². The van der Waals surface area contributed by atoms with Gasteiger partial charge in [0.2, 0.25) is 11.5 Å². The molecule has 0 aromatic rings. The van der Waals surface area contributed by atoms with Crippen LogP contribution < -0.4 is 0 Å². The molecule has 0 radical (unpaired) electrons. The Kier molecular flexibility index (Phi) is 6.47. The van der Waals surface area contributed by atoms with Gasteiger partial charge in [-0.15, -0.1) is 0 Å². The number of hydrogen-bond acceptors (Lipinski definition) is 4. The molecule has 18 heavy (non-hydrogen) atoms. The lowest BCUT2D eigenvalue weighted by atomic mass is 10.1. The maximum atomic E-state index is 5.68. The maximum Gasteiger partial charge on any atom is 0.202 e. The molecule has 0 amide bonds. The van der Waals surface area contributed by atoms with E-state index in [1.807, 2.05) is 27.7 Å². The Hall–Kier alpha value is -1.32. The van der Waals surface area contributed by atoms with Gasteiger partial charge in [0.25, 0.3) is 0 Å². The van der Waals surface area contributed by atoms with Crippen molar-refractivity contribution in [2.45, 2.75) is 40.5 Å². The summed E-state index contributed by atoms with van der Waals surface area (Å²) in [5, 5.41) is 0. The summed E-state index contributed by atoms with van der Waals surface area (Å²) in [6.07, 6.45) is 1.60. The zero-order chi connectivity index (χ0) is 13.4. The molecule has 0 bridgehead atoms. The molecule has 1 rings (SSSR count). The maximum absolute atomic E-state index is 5.68. The molecular formula is C14H24O4. The second kappa shape index (κ2) is 7.90. The van der Waals surface area contributed by atoms with Crippen molar-refractivity contribution in [2.75, 3.05) is 26.4 Å². The second-order valence-electron chi connectivity index (χ2n) is 3.74. The van der Waals surface area contributed by atoms with Crippen LogP contribution in [0.4, 0.5) is 0 Å². The van der Waals surface area contributed by atoms with Crippen molar-refractivity contribution in [3.63, 3.8) is 0 Å². The molecule has 1 aliphatic rings. The second-order valence-corrected chi connectivity index (χ2v) is 3.74. The van der Waals surface area contributed by atoms with Crippen molar-refractivity contribution in [1.29, 1.82) is 0 Å². The SMILES string of the molecule is CCOC1=C(OCC)C(OCC)=C(OCC)CC1. The van der Waals surface area contributed by atoms with E-state index in [1.165, 1.54) is 0 Å². The van der Waals surface area contributed by atoms with Crippen LogP contribution in [0.1, 0.15) is 40.5 Å². The van der Waals surface area contributed by atoms with Gasteiger partial charge >= 0.3 is 0 Å². The van der Waals surface area contributed by atoms with Crippen LogP contribution in [0.3, 0.4) is 0 Å². The monoisotopic (exact) mass is 256 g/mol. The summed E-state index contributed by atoms with van der Waals surface area (Å²) in [4.78, 5) is 0. The third-order valence-electron chi connectivity index (χ3n) is 2.51. The third kappa shape index (κ3) is 3.59. The van der Waals surface area contributed by atoms with Gasteiger partial charge in [0, 0.05) is 12.8 Å². The molecule has 4 heteroatoms. The number of rotatable bonds is 8. The Labute approximate surface area is 110 Å². The summed E-state index contributed by atoms with van der Waals surface area (Å²) in [5.41, 5.74) is 0. The van der Waals surface area contributed by atoms with Gasteiger partial charge in [-0.3, -0.25) is 0 Å². The van der Waals surface area contributed by atoms with Gasteiger partial charge < -0.3 is 18.9 Å². The highest BCUT2D eigenvalue weighted by Crippen LogP contribution is 2.33. The van der Waals surface area contributed by atoms with E-state index in [4.69, 9.17) is 18.9 Å². The first-order chi connectivity index (χ1) is 8.78. The quantitative estimate of drug-likeness (QED) is 0.667. The summed E-state index contributed by atoms with van der Waals surface area (Å²) in [6.45, 7) is 10.3. The minimum Gasteiger partial charge on any atom is -0.494 e. The average Bonchev–Trinajstić information content (AvgIpc) is 2.37. The molecule has 0 unspecified atom stereocenters. The van der Waals surface area contributed by atoms with Gasteiger partial charge in [0.1, 0.15) is 11.5 Å². The largest absolute Gasteiger partial charge is 0.494 e. The first-order valence-electron chi connectivity index (χ1n) is 6.76. The molecule has 1 aliphatic carbocycles. The van der Waals surface area contributed by atoms with Gasteiger partial charge in [-0.2, -0.15) is 0 Å². The molecule has 4 nitrogen and oxygen atoms in total. The minimum atomic E-state index is 0.585. The highest BCUT2D eigenvalue weighted by atomic mass is 16.6. The van der Waals surface area contributed by atoms with Crippen LogP contribution in [0.15, 0.2) is 23.0 Å². The molecule has 0 aromatic carbocycles. The normalized spacial score (nSPS) is 15.8. The molecule has 0 aliphatic heterocycles. The van der Waals surface area contributed by atoms with Crippen LogP contribution in [0.5, 0.6) is 0 Å². The fourth-order valence-electron chi connectivity index (χ4n) is 1.91. The van der Waals surface area contributed by atoms with Crippen molar-refractivity contribution in [3.05, 3.63) is 23.0 Å². The molecule has 0 atom stereocenters. The summed E-state index contributed by atoms with van der Waals surface area (Å²) >= 11 is 0. The Balaban J connectivity index is 3.05. The van der Waals surface area contributed by atoms with Gasteiger partial charge in [0.15, 0.2) is 0 Å². The Bertz CT molecular complexity index is 286. The van der Waals surface area contributed by atoms with Crippen molar-refractivity contribution in [2.24, 2.45) is 0 Å². The molecule has 104 valence electrons. The highest BCUT2D eigenvalue weighted by Gasteiger charge is 2.26. The summed E-state index contributed by atoms with van der Waals surface area (Å²) in [5.74, 6) is 3.14. The van der Waals surface area contributed by atoms with Crippen LogP contribution in [-0.2, 0) is 18.9 Å². The van der Waals surface area contributed by atoms with E-state index in [0.717, 1.165) is 24.4 Å². The van der Waals surface area contributed by atoms with E-state index >= 15 is 0 Å². The standard InChI is InChI=1S/C14H24O4/c1-5-15-11-9-10-12(16-6-2)14(18-8-4)13(11)17-7-3/h5-10H2,1-4H3. The van der Waals surface area contributed by atoms with Crippen molar-refractivity contribution in [3.8, 4) is 0 Å². The van der Waals surface area contributed by atoms with Gasteiger partial charge in [-0.1, -0.05) is 0 Å². The van der Waals surface area contributed by atoms with Crippen LogP contribution in [-0.4, -0.2) is 26.4 Å². The molecule has 0 N–H and O–H groups in total. The molecule has 0 fully saturated rings. The Morgan fingerprint density at radius 2 is 0.944 bits per heavy atom. The highest BCUT2D eigenvalue weighted by molar-refractivity contribution is 5.30. The zero-order valence-electron chi connectivity index (χ0n) is 11.9. The lowest BCUT2D eigenvalue weighted by molar-refractivity contribution is 0.0964. The lowest BCUT2D eigenvalue weighted by Crippen LogP contribution is -2.15. The van der Waals surface area contributed by atoms with E-state index < -0.39 is 0 Å². The van der Waals surface area contributed by atoms with Crippen LogP contribution in [0.25, 0.3) is 0 Å². The first kappa shape index (κ1) is 14.7. The topological polar surface area (TPSA) is 36.9 Å². The molecule has 0 spiro atoms. The van der Waals surface area contributed by atoms with Crippen molar-refractivity contribution >= 4 is 0 Å². The van der Waals surface area contributed by atoms with Crippen molar-refractivity contribution in [1.82, 2.24) is 0 Å². The molecule has 0 aromatic heterocycles. The first-order valence-corrected chi connectivity index (χ1v) is 6.76.